The monoisotopic (exact) mass is 182 g/mol. The Morgan fingerprint density at radius 1 is 1.38 bits per heavy atom. The molecule has 1 saturated heterocycles. The molecule has 0 bridgehead atoms. The van der Waals surface area contributed by atoms with Gasteiger partial charge in [-0.3, -0.25) is 4.90 Å². The van der Waals surface area contributed by atoms with Gasteiger partial charge in [-0.25, -0.2) is 0 Å². The number of hydrogen-bond acceptors (Lipinski definition) is 2. The van der Waals surface area contributed by atoms with E-state index in [2.05, 4.69) is 25.7 Å². The summed E-state index contributed by atoms with van der Waals surface area (Å²) in [6.07, 6.45) is 1.20. The van der Waals surface area contributed by atoms with Gasteiger partial charge in [0.25, 0.3) is 0 Å². The van der Waals surface area contributed by atoms with E-state index in [1.165, 1.54) is 19.5 Å². The van der Waals surface area contributed by atoms with Crippen LogP contribution in [0.3, 0.4) is 0 Å². The number of rotatable bonds is 3. The minimum Gasteiger partial charge on any atom is -0.329 e. The van der Waals surface area contributed by atoms with Gasteiger partial charge in [-0.05, 0) is 23.7 Å². The summed E-state index contributed by atoms with van der Waals surface area (Å²) in [7, 11) is 0. The lowest BCUT2D eigenvalue weighted by atomic mass is 10.0. The van der Waals surface area contributed by atoms with Crippen molar-refractivity contribution in [3.8, 4) is 0 Å². The van der Waals surface area contributed by atoms with Gasteiger partial charge in [0, 0.05) is 25.7 Å². The van der Waals surface area contributed by atoms with E-state index in [4.69, 9.17) is 5.73 Å². The van der Waals surface area contributed by atoms with E-state index in [1.807, 2.05) is 0 Å². The van der Waals surface area contributed by atoms with Gasteiger partial charge in [-0.1, -0.05) is 20.8 Å². The maximum Gasteiger partial charge on any atom is 0.0216 e. The van der Waals surface area contributed by atoms with E-state index in [-0.39, 0.29) is 0 Å². The normalized spacial score (nSPS) is 38.8. The summed E-state index contributed by atoms with van der Waals surface area (Å²) < 4.78 is 0. The average Bonchev–Trinajstić information content (AvgIpc) is 2.54. The molecule has 1 heterocycles. The Kier molecular flexibility index (Phi) is 2.16. The maximum atomic E-state index is 5.75. The van der Waals surface area contributed by atoms with Crippen LogP contribution in [0.15, 0.2) is 0 Å². The molecule has 13 heavy (non-hydrogen) atoms. The molecule has 0 aromatic rings. The molecule has 1 aliphatic heterocycles. The summed E-state index contributed by atoms with van der Waals surface area (Å²) in [5, 5.41) is 0. The number of likely N-dealkylation sites (tertiary alicyclic amines) is 1. The summed E-state index contributed by atoms with van der Waals surface area (Å²) in [4.78, 5) is 2.60. The summed E-state index contributed by atoms with van der Waals surface area (Å²) in [5.74, 6) is 1.93. The van der Waals surface area contributed by atoms with Crippen molar-refractivity contribution in [1.82, 2.24) is 4.90 Å². The average molecular weight is 182 g/mol. The van der Waals surface area contributed by atoms with E-state index >= 15 is 0 Å². The number of fused-ring (bicyclic) bond motifs is 1. The van der Waals surface area contributed by atoms with Crippen LogP contribution in [0.25, 0.3) is 0 Å². The molecule has 0 aromatic carbocycles. The lowest BCUT2D eigenvalue weighted by Gasteiger charge is -2.29. The van der Waals surface area contributed by atoms with Crippen LogP contribution < -0.4 is 5.73 Å². The minimum absolute atomic E-state index is 0.642. The van der Waals surface area contributed by atoms with Crippen LogP contribution in [-0.2, 0) is 0 Å². The highest BCUT2D eigenvalue weighted by Gasteiger charge is 2.62. The molecule has 0 spiro atoms. The minimum atomic E-state index is 0.642. The number of nitrogens with zero attached hydrogens (tertiary/aromatic N) is 1. The third kappa shape index (κ3) is 1.31. The summed E-state index contributed by atoms with van der Waals surface area (Å²) in [5.41, 5.74) is 6.39. The van der Waals surface area contributed by atoms with Gasteiger partial charge in [-0.15, -0.1) is 0 Å². The zero-order valence-electron chi connectivity index (χ0n) is 9.09. The molecular formula is C11H22N2. The van der Waals surface area contributed by atoms with Crippen LogP contribution in [0.1, 0.15) is 27.2 Å². The molecule has 0 radical (unpaired) electrons. The van der Waals surface area contributed by atoms with Gasteiger partial charge in [0.05, 0.1) is 0 Å². The molecule has 76 valence electrons. The van der Waals surface area contributed by atoms with Crippen LogP contribution in [0.2, 0.25) is 0 Å². The predicted molar refractivity (Wildman–Crippen MR) is 55.5 cm³/mol. The summed E-state index contributed by atoms with van der Waals surface area (Å²) in [6.45, 7) is 10.5. The molecule has 3 atom stereocenters. The Morgan fingerprint density at radius 2 is 1.92 bits per heavy atom. The molecule has 2 heteroatoms. The molecule has 0 aromatic heterocycles. The van der Waals surface area contributed by atoms with Crippen LogP contribution in [0.5, 0.6) is 0 Å². The quantitative estimate of drug-likeness (QED) is 0.713. The van der Waals surface area contributed by atoms with Crippen LogP contribution in [-0.4, -0.2) is 30.6 Å². The zero-order chi connectivity index (χ0) is 9.64. The van der Waals surface area contributed by atoms with Gasteiger partial charge >= 0.3 is 0 Å². The molecule has 1 saturated carbocycles. The van der Waals surface area contributed by atoms with Gasteiger partial charge in [0.2, 0.25) is 0 Å². The Balaban J connectivity index is 1.89. The zero-order valence-corrected chi connectivity index (χ0v) is 9.09. The molecular weight excluding hydrogens is 160 g/mol. The van der Waals surface area contributed by atoms with Crippen molar-refractivity contribution in [2.75, 3.05) is 19.6 Å². The van der Waals surface area contributed by atoms with Gasteiger partial charge in [0.15, 0.2) is 0 Å². The molecule has 2 fully saturated rings. The fourth-order valence-corrected chi connectivity index (χ4v) is 3.03. The van der Waals surface area contributed by atoms with Crippen LogP contribution in [0, 0.1) is 17.3 Å². The smallest absolute Gasteiger partial charge is 0.0216 e. The van der Waals surface area contributed by atoms with Gasteiger partial charge < -0.3 is 5.73 Å². The van der Waals surface area contributed by atoms with Crippen molar-refractivity contribution in [2.24, 2.45) is 23.0 Å². The highest BCUT2D eigenvalue weighted by atomic mass is 15.2. The standard InChI is InChI=1S/C11H22N2/c1-4-8(5-12)13-6-9-10(7-13)11(9,2)3/h8-10H,4-7,12H2,1-3H3. The lowest BCUT2D eigenvalue weighted by Crippen LogP contribution is -2.41. The molecule has 2 rings (SSSR count). The van der Waals surface area contributed by atoms with Crippen molar-refractivity contribution in [3.05, 3.63) is 0 Å². The summed E-state index contributed by atoms with van der Waals surface area (Å²) in [6, 6.07) is 0.642. The Hall–Kier alpha value is -0.0800. The van der Waals surface area contributed by atoms with Crippen LogP contribution in [0.4, 0.5) is 0 Å². The van der Waals surface area contributed by atoms with Gasteiger partial charge in [0.1, 0.15) is 0 Å². The molecule has 2 N–H and O–H groups in total. The first-order chi connectivity index (χ1) is 6.11. The Morgan fingerprint density at radius 3 is 2.31 bits per heavy atom. The molecule has 2 nitrogen and oxygen atoms in total. The highest BCUT2D eigenvalue weighted by molar-refractivity contribution is 5.12. The third-order valence-corrected chi connectivity index (χ3v) is 4.41. The SMILES string of the molecule is CCC(CN)N1CC2C(C1)C2(C)C. The molecule has 2 aliphatic rings. The molecule has 0 amide bonds. The first kappa shape index (κ1) is 9.47. The number of piperidine rings is 1. The van der Waals surface area contributed by atoms with Crippen molar-refractivity contribution in [2.45, 2.75) is 33.2 Å². The Bertz CT molecular complexity index is 182. The Labute approximate surface area is 81.5 Å². The second-order valence-corrected chi connectivity index (χ2v) is 5.29. The topological polar surface area (TPSA) is 29.3 Å². The third-order valence-electron chi connectivity index (χ3n) is 4.41. The van der Waals surface area contributed by atoms with Crippen molar-refractivity contribution >= 4 is 0 Å². The van der Waals surface area contributed by atoms with E-state index < -0.39 is 0 Å². The van der Waals surface area contributed by atoms with E-state index in [1.54, 1.807) is 0 Å². The predicted octanol–water partition coefficient (Wildman–Crippen LogP) is 1.31. The van der Waals surface area contributed by atoms with E-state index in [0.717, 1.165) is 18.4 Å². The fourth-order valence-electron chi connectivity index (χ4n) is 3.03. The van der Waals surface area contributed by atoms with Crippen LogP contribution >= 0.6 is 0 Å². The first-order valence-electron chi connectivity index (χ1n) is 5.55. The largest absolute Gasteiger partial charge is 0.329 e. The second-order valence-electron chi connectivity index (χ2n) is 5.29. The fraction of sp³-hybridized carbons (Fsp3) is 1.00. The van der Waals surface area contributed by atoms with Crippen molar-refractivity contribution < 1.29 is 0 Å². The molecule has 3 unspecified atom stereocenters. The first-order valence-corrected chi connectivity index (χ1v) is 5.55. The lowest BCUT2D eigenvalue weighted by molar-refractivity contribution is 0.190. The number of hydrogen-bond donors (Lipinski definition) is 1. The van der Waals surface area contributed by atoms with Crippen molar-refractivity contribution in [1.29, 1.82) is 0 Å². The summed E-state index contributed by atoms with van der Waals surface area (Å²) >= 11 is 0. The molecule has 1 aliphatic carbocycles. The number of nitrogens with two attached hydrogens (primary N) is 1. The highest BCUT2D eigenvalue weighted by Crippen LogP contribution is 2.62. The maximum absolute atomic E-state index is 5.75. The second kappa shape index (κ2) is 2.96. The van der Waals surface area contributed by atoms with Crippen molar-refractivity contribution in [3.63, 3.8) is 0 Å². The van der Waals surface area contributed by atoms with Gasteiger partial charge in [-0.2, -0.15) is 0 Å². The van der Waals surface area contributed by atoms with E-state index in [9.17, 15) is 0 Å². The van der Waals surface area contributed by atoms with E-state index in [0.29, 0.717) is 11.5 Å².